The molecule has 0 fully saturated rings. The number of carbonyl (C=O) groups excluding carboxylic acids is 1. The van der Waals surface area contributed by atoms with E-state index >= 15 is 0 Å². The number of para-hydroxylation sites is 1. The Morgan fingerprint density at radius 1 is 1.08 bits per heavy atom. The first-order valence-corrected chi connectivity index (χ1v) is 8.31. The van der Waals surface area contributed by atoms with Crippen LogP contribution in [0.2, 0.25) is 0 Å². The third kappa shape index (κ3) is 4.05. The quantitative estimate of drug-likeness (QED) is 0.715. The number of hydrogen-bond acceptors (Lipinski definition) is 4. The van der Waals surface area contributed by atoms with Crippen molar-refractivity contribution in [1.82, 2.24) is 4.98 Å². The molecule has 1 heterocycles. The van der Waals surface area contributed by atoms with Crippen LogP contribution in [0.3, 0.4) is 0 Å². The number of nitrogens with one attached hydrogen (secondary N) is 2. The van der Waals surface area contributed by atoms with Crippen LogP contribution in [-0.2, 0) is 6.42 Å². The number of anilines is 3. The van der Waals surface area contributed by atoms with E-state index in [1.165, 1.54) is 11.8 Å². The van der Waals surface area contributed by atoms with E-state index < -0.39 is 0 Å². The van der Waals surface area contributed by atoms with E-state index in [1.807, 2.05) is 30.3 Å². The second kappa shape index (κ2) is 7.95. The smallest absolute Gasteiger partial charge is 0.257 e. The highest BCUT2D eigenvalue weighted by Gasteiger charge is 2.09. The number of pyridine rings is 1. The molecule has 2 aromatic carbocycles. The molecule has 0 spiro atoms. The van der Waals surface area contributed by atoms with Crippen LogP contribution in [0.25, 0.3) is 0 Å². The summed E-state index contributed by atoms with van der Waals surface area (Å²) >= 11 is 0. The number of amides is 1. The van der Waals surface area contributed by atoms with Gasteiger partial charge < -0.3 is 10.6 Å². The molecule has 0 unspecified atom stereocenters. The van der Waals surface area contributed by atoms with E-state index in [0.717, 1.165) is 12.1 Å². The van der Waals surface area contributed by atoms with E-state index in [0.29, 0.717) is 22.5 Å². The summed E-state index contributed by atoms with van der Waals surface area (Å²) in [5.41, 5.74) is 4.22. The van der Waals surface area contributed by atoms with Crippen molar-refractivity contribution in [3.05, 3.63) is 83.7 Å². The maximum absolute atomic E-state index is 12.5. The highest BCUT2D eigenvalue weighted by atomic mass is 16.1. The first-order valence-electron chi connectivity index (χ1n) is 8.31. The third-order valence-corrected chi connectivity index (χ3v) is 3.95. The molecule has 0 aliphatic carbocycles. The van der Waals surface area contributed by atoms with Crippen molar-refractivity contribution in [1.29, 1.82) is 5.26 Å². The molecule has 26 heavy (non-hydrogen) atoms. The lowest BCUT2D eigenvalue weighted by atomic mass is 10.1. The fourth-order valence-electron chi connectivity index (χ4n) is 2.50. The lowest BCUT2D eigenvalue weighted by molar-refractivity contribution is 0.102. The fraction of sp³-hybridized carbons (Fsp3) is 0.0952. The predicted molar refractivity (Wildman–Crippen MR) is 102 cm³/mol. The van der Waals surface area contributed by atoms with Gasteiger partial charge in [0.1, 0.15) is 6.07 Å². The number of hydrogen-bond donors (Lipinski definition) is 2. The van der Waals surface area contributed by atoms with Crippen LogP contribution in [-0.4, -0.2) is 10.9 Å². The van der Waals surface area contributed by atoms with Crippen LogP contribution < -0.4 is 10.6 Å². The number of benzene rings is 2. The normalized spacial score (nSPS) is 10.0. The number of nitrogens with zero attached hydrogens (tertiary/aromatic N) is 2. The van der Waals surface area contributed by atoms with E-state index in [9.17, 15) is 10.1 Å². The number of nitriles is 1. The molecule has 5 heteroatoms. The molecule has 0 saturated carbocycles. The van der Waals surface area contributed by atoms with Crippen LogP contribution in [0, 0.1) is 11.3 Å². The summed E-state index contributed by atoms with van der Waals surface area (Å²) in [5.74, 6) is -0.237. The molecule has 3 rings (SSSR count). The van der Waals surface area contributed by atoms with E-state index in [1.54, 1.807) is 30.5 Å². The summed E-state index contributed by atoms with van der Waals surface area (Å²) in [7, 11) is 0. The molecule has 0 saturated heterocycles. The maximum atomic E-state index is 12.5. The zero-order valence-corrected chi connectivity index (χ0v) is 14.4. The Hall–Kier alpha value is -3.65. The summed E-state index contributed by atoms with van der Waals surface area (Å²) < 4.78 is 0. The van der Waals surface area contributed by atoms with Crippen molar-refractivity contribution in [3.63, 3.8) is 0 Å². The van der Waals surface area contributed by atoms with Gasteiger partial charge in [-0.25, -0.2) is 0 Å². The SMILES string of the molecule is CCc1ccc(NC(=O)c2cncc(Nc3ccccc3C#N)c2)cc1. The monoisotopic (exact) mass is 342 g/mol. The molecule has 1 aromatic heterocycles. The van der Waals surface area contributed by atoms with Gasteiger partial charge in [0.25, 0.3) is 5.91 Å². The van der Waals surface area contributed by atoms with Gasteiger partial charge in [0.15, 0.2) is 0 Å². The number of aryl methyl sites for hydroxylation is 1. The second-order valence-electron chi connectivity index (χ2n) is 5.75. The highest BCUT2D eigenvalue weighted by Crippen LogP contribution is 2.21. The van der Waals surface area contributed by atoms with Gasteiger partial charge in [0.05, 0.1) is 28.7 Å². The van der Waals surface area contributed by atoms with Crippen LogP contribution >= 0.6 is 0 Å². The van der Waals surface area contributed by atoms with Gasteiger partial charge in [-0.1, -0.05) is 31.2 Å². The molecule has 3 aromatic rings. The third-order valence-electron chi connectivity index (χ3n) is 3.95. The molecule has 2 N–H and O–H groups in total. The molecule has 0 aliphatic rings. The van der Waals surface area contributed by atoms with Crippen molar-refractivity contribution >= 4 is 23.0 Å². The Morgan fingerprint density at radius 3 is 2.58 bits per heavy atom. The Labute approximate surface area is 152 Å². The Kier molecular flexibility index (Phi) is 5.25. The molecule has 0 radical (unpaired) electrons. The minimum absolute atomic E-state index is 0.237. The van der Waals surface area contributed by atoms with Crippen molar-refractivity contribution in [2.24, 2.45) is 0 Å². The maximum Gasteiger partial charge on any atom is 0.257 e. The van der Waals surface area contributed by atoms with Crippen LogP contribution in [0.1, 0.15) is 28.4 Å². The molecular formula is C21H18N4O. The minimum Gasteiger partial charge on any atom is -0.353 e. The zero-order chi connectivity index (χ0) is 18.4. The van der Waals surface area contributed by atoms with Crippen molar-refractivity contribution < 1.29 is 4.79 Å². The van der Waals surface area contributed by atoms with Crippen molar-refractivity contribution in [2.75, 3.05) is 10.6 Å². The Morgan fingerprint density at radius 2 is 1.85 bits per heavy atom. The highest BCUT2D eigenvalue weighted by molar-refractivity contribution is 6.04. The van der Waals surface area contributed by atoms with Gasteiger partial charge in [0.2, 0.25) is 0 Å². The van der Waals surface area contributed by atoms with Gasteiger partial charge in [-0.3, -0.25) is 9.78 Å². The standard InChI is InChI=1S/C21H18N4O/c1-2-15-7-9-18(10-8-15)25-21(26)17-11-19(14-23-13-17)24-20-6-4-3-5-16(20)12-22/h3-11,13-14,24H,2H2,1H3,(H,25,26). The molecule has 0 aliphatic heterocycles. The minimum atomic E-state index is -0.237. The Bertz CT molecular complexity index is 958. The lowest BCUT2D eigenvalue weighted by Gasteiger charge is -2.10. The molecule has 5 nitrogen and oxygen atoms in total. The van der Waals surface area contributed by atoms with E-state index in [-0.39, 0.29) is 5.91 Å². The van der Waals surface area contributed by atoms with Gasteiger partial charge in [0, 0.05) is 11.9 Å². The summed E-state index contributed by atoms with van der Waals surface area (Å²) in [6.45, 7) is 2.09. The van der Waals surface area contributed by atoms with Gasteiger partial charge >= 0.3 is 0 Å². The lowest BCUT2D eigenvalue weighted by Crippen LogP contribution is -2.12. The molecule has 1 amide bonds. The molecule has 128 valence electrons. The summed E-state index contributed by atoms with van der Waals surface area (Å²) in [5, 5.41) is 15.2. The second-order valence-corrected chi connectivity index (χ2v) is 5.75. The van der Waals surface area contributed by atoms with Crippen molar-refractivity contribution in [3.8, 4) is 6.07 Å². The number of carbonyl (C=O) groups is 1. The van der Waals surface area contributed by atoms with E-state index in [2.05, 4.69) is 28.6 Å². The molecule has 0 atom stereocenters. The predicted octanol–water partition coefficient (Wildman–Crippen LogP) is 4.51. The fourth-order valence-corrected chi connectivity index (χ4v) is 2.50. The average molecular weight is 342 g/mol. The van der Waals surface area contributed by atoms with Gasteiger partial charge in [-0.05, 0) is 42.3 Å². The number of rotatable bonds is 5. The van der Waals surface area contributed by atoms with Crippen LogP contribution in [0.15, 0.2) is 67.0 Å². The largest absolute Gasteiger partial charge is 0.353 e. The van der Waals surface area contributed by atoms with Crippen LogP contribution in [0.4, 0.5) is 17.1 Å². The summed E-state index contributed by atoms with van der Waals surface area (Å²) in [6, 6.07) is 18.8. The first kappa shape index (κ1) is 17.2. The molecular weight excluding hydrogens is 324 g/mol. The van der Waals surface area contributed by atoms with E-state index in [4.69, 9.17) is 0 Å². The topological polar surface area (TPSA) is 77.8 Å². The van der Waals surface area contributed by atoms with Crippen molar-refractivity contribution in [2.45, 2.75) is 13.3 Å². The van der Waals surface area contributed by atoms with Crippen LogP contribution in [0.5, 0.6) is 0 Å². The zero-order valence-electron chi connectivity index (χ0n) is 14.4. The van der Waals surface area contributed by atoms with Gasteiger partial charge in [-0.15, -0.1) is 0 Å². The summed E-state index contributed by atoms with van der Waals surface area (Å²) in [4.78, 5) is 16.6. The average Bonchev–Trinajstić information content (AvgIpc) is 2.69. The first-order chi connectivity index (χ1) is 12.7. The van der Waals surface area contributed by atoms with Gasteiger partial charge in [-0.2, -0.15) is 5.26 Å². The Balaban J connectivity index is 1.75. The molecule has 0 bridgehead atoms. The number of aromatic nitrogens is 1. The summed E-state index contributed by atoms with van der Waals surface area (Å²) in [6.07, 6.45) is 4.08.